The summed E-state index contributed by atoms with van der Waals surface area (Å²) in [5.41, 5.74) is 2.05. The summed E-state index contributed by atoms with van der Waals surface area (Å²) in [6, 6.07) is 19.8. The minimum Gasteiger partial charge on any atom is -0.317 e. The van der Waals surface area contributed by atoms with Crippen molar-refractivity contribution in [2.24, 2.45) is 0 Å². The molecule has 0 aliphatic heterocycles. The van der Waals surface area contributed by atoms with Gasteiger partial charge in [0.25, 0.3) is 0 Å². The number of nitrogens with zero attached hydrogens (tertiary/aromatic N) is 1. The Morgan fingerprint density at radius 1 is 0.765 bits per heavy atom. The topological polar surface area (TPSA) is 20.3 Å². The molecule has 2 rings (SSSR count). The summed E-state index contributed by atoms with van der Waals surface area (Å²) in [5, 5.41) is 0. The van der Waals surface area contributed by atoms with Crippen LogP contribution in [0.3, 0.4) is 0 Å². The van der Waals surface area contributed by atoms with Crippen LogP contribution in [0.25, 0.3) is 0 Å². The van der Waals surface area contributed by atoms with Gasteiger partial charge in [-0.15, -0.1) is 0 Å². The lowest BCUT2D eigenvalue weighted by Crippen LogP contribution is -2.07. The zero-order valence-corrected chi connectivity index (χ0v) is 9.36. The van der Waals surface area contributed by atoms with E-state index < -0.39 is 0 Å². The summed E-state index contributed by atoms with van der Waals surface area (Å²) < 4.78 is 0. The molecule has 0 aliphatic rings. The monoisotopic (exact) mass is 223 g/mol. The predicted molar refractivity (Wildman–Crippen MR) is 70.2 cm³/mol. The van der Waals surface area contributed by atoms with E-state index in [2.05, 4.69) is 0 Å². The Morgan fingerprint density at radius 2 is 1.24 bits per heavy atom. The number of anilines is 2. The maximum absolute atomic E-state index is 10.5. The zero-order valence-electron chi connectivity index (χ0n) is 9.36. The highest BCUT2D eigenvalue weighted by Gasteiger charge is 2.03. The second kappa shape index (κ2) is 5.66. The highest BCUT2D eigenvalue weighted by atomic mass is 16.1. The first-order valence-corrected chi connectivity index (χ1v) is 5.43. The summed E-state index contributed by atoms with van der Waals surface area (Å²) in [5.74, 6) is 0. The van der Waals surface area contributed by atoms with Gasteiger partial charge in [0.2, 0.25) is 0 Å². The largest absolute Gasteiger partial charge is 0.317 e. The summed E-state index contributed by atoms with van der Waals surface area (Å²) in [4.78, 5) is 12.4. The molecule has 17 heavy (non-hydrogen) atoms. The van der Waals surface area contributed by atoms with Crippen molar-refractivity contribution in [3.63, 3.8) is 0 Å². The summed E-state index contributed by atoms with van der Waals surface area (Å²) in [7, 11) is 0. The minimum atomic E-state index is 0.777. The van der Waals surface area contributed by atoms with E-state index in [1.165, 1.54) is 6.08 Å². The molecule has 0 atom stereocenters. The number of aldehydes is 1. The minimum absolute atomic E-state index is 0.777. The van der Waals surface area contributed by atoms with E-state index >= 15 is 0 Å². The number of carbonyl (C=O) groups excluding carboxylic acids is 1. The molecule has 0 radical (unpaired) electrons. The number of benzene rings is 2. The lowest BCUT2D eigenvalue weighted by atomic mass is 10.2. The molecular formula is C15H13NO. The Balaban J connectivity index is 2.39. The van der Waals surface area contributed by atoms with E-state index in [-0.39, 0.29) is 0 Å². The summed E-state index contributed by atoms with van der Waals surface area (Å²) in [6.07, 6.45) is 4.02. The smallest absolute Gasteiger partial charge is 0.144 e. The molecule has 0 bridgehead atoms. The molecule has 2 aromatic carbocycles. The van der Waals surface area contributed by atoms with Crippen LogP contribution in [0.4, 0.5) is 11.4 Å². The third-order valence-electron chi connectivity index (χ3n) is 2.38. The predicted octanol–water partition coefficient (Wildman–Crippen LogP) is 3.54. The molecule has 0 N–H and O–H groups in total. The highest BCUT2D eigenvalue weighted by molar-refractivity contribution is 5.71. The van der Waals surface area contributed by atoms with Crippen molar-refractivity contribution >= 4 is 17.7 Å². The molecule has 0 spiro atoms. The van der Waals surface area contributed by atoms with E-state index in [1.54, 1.807) is 6.20 Å². The standard InChI is InChI=1S/C15H13NO/c17-13-7-12-16(14-8-3-1-4-9-14)15-10-5-2-6-11-15/h1-13H. The van der Waals surface area contributed by atoms with Gasteiger partial charge in [-0.2, -0.15) is 0 Å². The lowest BCUT2D eigenvalue weighted by Gasteiger charge is -2.20. The molecule has 2 heteroatoms. The maximum Gasteiger partial charge on any atom is 0.144 e. The first-order chi connectivity index (χ1) is 8.42. The average Bonchev–Trinajstić information content (AvgIpc) is 2.42. The number of hydrogen-bond acceptors (Lipinski definition) is 2. The van der Waals surface area contributed by atoms with Crippen molar-refractivity contribution in [1.82, 2.24) is 0 Å². The molecule has 0 heterocycles. The summed E-state index contributed by atoms with van der Waals surface area (Å²) >= 11 is 0. The molecule has 0 fully saturated rings. The number of rotatable bonds is 4. The van der Waals surface area contributed by atoms with Gasteiger partial charge in [-0.1, -0.05) is 36.4 Å². The quantitative estimate of drug-likeness (QED) is 0.583. The van der Waals surface area contributed by atoms with Crippen LogP contribution in [0.2, 0.25) is 0 Å². The van der Waals surface area contributed by atoms with Crippen molar-refractivity contribution in [3.05, 3.63) is 72.9 Å². The van der Waals surface area contributed by atoms with Crippen molar-refractivity contribution in [2.45, 2.75) is 0 Å². The highest BCUT2D eigenvalue weighted by Crippen LogP contribution is 2.24. The normalized spacial score (nSPS) is 10.4. The second-order valence-electron chi connectivity index (χ2n) is 3.52. The van der Waals surface area contributed by atoms with Gasteiger partial charge in [0.1, 0.15) is 6.29 Å². The van der Waals surface area contributed by atoms with Gasteiger partial charge in [-0.05, 0) is 30.3 Å². The van der Waals surface area contributed by atoms with Crippen LogP contribution in [0.15, 0.2) is 72.9 Å². The fourth-order valence-corrected chi connectivity index (χ4v) is 1.62. The summed E-state index contributed by atoms with van der Waals surface area (Å²) in [6.45, 7) is 0. The molecule has 2 aromatic rings. The van der Waals surface area contributed by atoms with Crippen molar-refractivity contribution in [2.75, 3.05) is 4.90 Å². The number of hydrogen-bond donors (Lipinski definition) is 0. The van der Waals surface area contributed by atoms with Gasteiger partial charge in [0, 0.05) is 17.6 Å². The van der Waals surface area contributed by atoms with Gasteiger partial charge in [0.05, 0.1) is 0 Å². The second-order valence-corrected chi connectivity index (χ2v) is 3.52. The van der Waals surface area contributed by atoms with Crippen LogP contribution in [0.1, 0.15) is 0 Å². The fourth-order valence-electron chi connectivity index (χ4n) is 1.62. The average molecular weight is 223 g/mol. The molecule has 0 saturated heterocycles. The van der Waals surface area contributed by atoms with Crippen LogP contribution in [-0.2, 0) is 4.79 Å². The molecule has 0 aliphatic carbocycles. The van der Waals surface area contributed by atoms with Crippen molar-refractivity contribution < 1.29 is 4.79 Å². The van der Waals surface area contributed by atoms with Crippen LogP contribution in [0, 0.1) is 0 Å². The van der Waals surface area contributed by atoms with E-state index in [1.807, 2.05) is 65.6 Å². The van der Waals surface area contributed by atoms with Crippen LogP contribution in [0.5, 0.6) is 0 Å². The van der Waals surface area contributed by atoms with E-state index in [0.717, 1.165) is 17.7 Å². The fraction of sp³-hybridized carbons (Fsp3) is 0. The Kier molecular flexibility index (Phi) is 3.71. The molecule has 0 aromatic heterocycles. The van der Waals surface area contributed by atoms with Gasteiger partial charge < -0.3 is 4.90 Å². The molecule has 84 valence electrons. The molecule has 2 nitrogen and oxygen atoms in total. The van der Waals surface area contributed by atoms with Crippen molar-refractivity contribution in [1.29, 1.82) is 0 Å². The SMILES string of the molecule is O=CC=CN(c1ccccc1)c1ccccc1. The molecule has 0 unspecified atom stereocenters. The number of carbonyl (C=O) groups is 1. The van der Waals surface area contributed by atoms with E-state index in [4.69, 9.17) is 0 Å². The van der Waals surface area contributed by atoms with Gasteiger partial charge >= 0.3 is 0 Å². The lowest BCUT2D eigenvalue weighted by molar-refractivity contribution is -0.104. The van der Waals surface area contributed by atoms with Crippen LogP contribution in [-0.4, -0.2) is 6.29 Å². The Labute approximate surface area is 101 Å². The molecule has 0 amide bonds. The first-order valence-electron chi connectivity index (χ1n) is 5.43. The Hall–Kier alpha value is -2.35. The van der Waals surface area contributed by atoms with E-state index in [0.29, 0.717) is 0 Å². The van der Waals surface area contributed by atoms with Gasteiger partial charge in [-0.25, -0.2) is 0 Å². The zero-order chi connectivity index (χ0) is 11.9. The van der Waals surface area contributed by atoms with E-state index in [9.17, 15) is 4.79 Å². The maximum atomic E-state index is 10.5. The van der Waals surface area contributed by atoms with Gasteiger partial charge in [0.15, 0.2) is 0 Å². The van der Waals surface area contributed by atoms with Crippen LogP contribution < -0.4 is 4.90 Å². The van der Waals surface area contributed by atoms with Crippen LogP contribution >= 0.6 is 0 Å². The van der Waals surface area contributed by atoms with Crippen molar-refractivity contribution in [3.8, 4) is 0 Å². The third kappa shape index (κ3) is 2.82. The Morgan fingerprint density at radius 3 is 1.65 bits per heavy atom. The number of para-hydroxylation sites is 2. The van der Waals surface area contributed by atoms with Gasteiger partial charge in [-0.3, -0.25) is 4.79 Å². The number of allylic oxidation sites excluding steroid dienone is 1. The first kappa shape index (κ1) is 11.1. The molecular weight excluding hydrogens is 210 g/mol. The molecule has 0 saturated carbocycles. The Bertz CT molecular complexity index is 451. The third-order valence-corrected chi connectivity index (χ3v) is 2.38.